The van der Waals surface area contributed by atoms with Crippen molar-refractivity contribution in [2.45, 2.75) is 19.3 Å². The van der Waals surface area contributed by atoms with Gasteiger partial charge in [0, 0.05) is 11.1 Å². The molecule has 0 amide bonds. The molecule has 0 spiro atoms. The number of fused-ring (bicyclic) bond motifs is 1. The smallest absolute Gasteiger partial charge is 0.315 e. The van der Waals surface area contributed by atoms with E-state index in [1.165, 1.54) is 7.11 Å². The normalized spacial score (nSPS) is 14.2. The van der Waals surface area contributed by atoms with Gasteiger partial charge in [0.1, 0.15) is 13.2 Å². The first-order valence-corrected chi connectivity index (χ1v) is 6.02. The van der Waals surface area contributed by atoms with Gasteiger partial charge in [-0.1, -0.05) is 11.6 Å². The van der Waals surface area contributed by atoms with Crippen molar-refractivity contribution in [1.29, 1.82) is 0 Å². The van der Waals surface area contributed by atoms with Crippen LogP contribution in [-0.4, -0.2) is 26.3 Å². The average Bonchev–Trinajstić information content (AvgIpc) is 2.36. The summed E-state index contributed by atoms with van der Waals surface area (Å²) in [5, 5.41) is 0.467. The summed E-state index contributed by atoms with van der Waals surface area (Å²) in [4.78, 5) is 11.8. The lowest BCUT2D eigenvalue weighted by molar-refractivity contribution is -0.146. The Morgan fingerprint density at radius 3 is 2.39 bits per heavy atom. The second-order valence-corrected chi connectivity index (χ2v) is 5.00. The second kappa shape index (κ2) is 4.69. The number of carbonyl (C=O) groups is 1. The first-order valence-electron chi connectivity index (χ1n) is 5.65. The van der Waals surface area contributed by atoms with Crippen LogP contribution in [0.2, 0.25) is 5.02 Å². The van der Waals surface area contributed by atoms with Crippen LogP contribution < -0.4 is 9.47 Å². The van der Waals surface area contributed by atoms with Crippen molar-refractivity contribution < 1.29 is 19.0 Å². The van der Waals surface area contributed by atoms with Gasteiger partial charge in [-0.05, 0) is 25.5 Å². The number of carbonyl (C=O) groups excluding carboxylic acids is 1. The average molecular weight is 271 g/mol. The van der Waals surface area contributed by atoms with Crippen molar-refractivity contribution in [2.24, 2.45) is 0 Å². The molecular formula is C13H15ClO4. The molecule has 0 atom stereocenters. The highest BCUT2D eigenvalue weighted by atomic mass is 35.5. The Labute approximate surface area is 111 Å². The molecule has 0 saturated carbocycles. The zero-order valence-corrected chi connectivity index (χ0v) is 11.3. The highest BCUT2D eigenvalue weighted by molar-refractivity contribution is 6.32. The van der Waals surface area contributed by atoms with Gasteiger partial charge in [0.2, 0.25) is 0 Å². The zero-order valence-electron chi connectivity index (χ0n) is 10.6. The van der Waals surface area contributed by atoms with E-state index in [2.05, 4.69) is 0 Å². The van der Waals surface area contributed by atoms with Crippen LogP contribution in [-0.2, 0) is 14.9 Å². The van der Waals surface area contributed by atoms with E-state index in [-0.39, 0.29) is 5.97 Å². The van der Waals surface area contributed by atoms with Crippen LogP contribution in [0, 0.1) is 0 Å². The predicted octanol–water partition coefficient (Wildman–Crippen LogP) is 2.56. The van der Waals surface area contributed by atoms with E-state index in [0.29, 0.717) is 35.3 Å². The molecule has 98 valence electrons. The van der Waals surface area contributed by atoms with Crippen molar-refractivity contribution >= 4 is 17.6 Å². The van der Waals surface area contributed by atoms with Crippen molar-refractivity contribution in [2.75, 3.05) is 20.3 Å². The first-order chi connectivity index (χ1) is 8.46. The third-order valence-electron chi connectivity index (χ3n) is 3.00. The number of halogens is 1. The molecule has 18 heavy (non-hydrogen) atoms. The molecule has 0 unspecified atom stereocenters. The lowest BCUT2D eigenvalue weighted by Gasteiger charge is -2.26. The van der Waals surface area contributed by atoms with Crippen LogP contribution in [0.25, 0.3) is 0 Å². The summed E-state index contributed by atoms with van der Waals surface area (Å²) < 4.78 is 15.7. The molecule has 0 fully saturated rings. The summed E-state index contributed by atoms with van der Waals surface area (Å²) in [6.45, 7) is 4.52. The van der Waals surface area contributed by atoms with Crippen LogP contribution in [0.1, 0.15) is 19.4 Å². The van der Waals surface area contributed by atoms with E-state index >= 15 is 0 Å². The summed E-state index contributed by atoms with van der Waals surface area (Å²) >= 11 is 6.20. The number of hydrogen-bond donors (Lipinski definition) is 0. The minimum atomic E-state index is -0.832. The van der Waals surface area contributed by atoms with Gasteiger partial charge in [0.25, 0.3) is 0 Å². The molecular weight excluding hydrogens is 256 g/mol. The van der Waals surface area contributed by atoms with Gasteiger partial charge in [-0.15, -0.1) is 0 Å². The van der Waals surface area contributed by atoms with Gasteiger partial charge in [-0.3, -0.25) is 4.79 Å². The molecule has 0 aromatic heterocycles. The quantitative estimate of drug-likeness (QED) is 0.775. The predicted molar refractivity (Wildman–Crippen MR) is 67.5 cm³/mol. The van der Waals surface area contributed by atoms with Crippen LogP contribution >= 0.6 is 11.6 Å². The minimum absolute atomic E-state index is 0.346. The highest BCUT2D eigenvalue weighted by Crippen LogP contribution is 2.40. The summed E-state index contributed by atoms with van der Waals surface area (Å²) in [6, 6.07) is 3.42. The molecule has 1 heterocycles. The van der Waals surface area contributed by atoms with E-state index in [0.717, 1.165) is 0 Å². The maximum absolute atomic E-state index is 11.8. The van der Waals surface area contributed by atoms with Crippen LogP contribution in [0.4, 0.5) is 0 Å². The Kier molecular flexibility index (Phi) is 3.39. The molecule has 2 rings (SSSR count). The fourth-order valence-electron chi connectivity index (χ4n) is 1.91. The Morgan fingerprint density at radius 1 is 1.28 bits per heavy atom. The Bertz CT molecular complexity index is 482. The van der Waals surface area contributed by atoms with E-state index in [1.807, 2.05) is 0 Å². The van der Waals surface area contributed by atoms with Gasteiger partial charge in [0.05, 0.1) is 12.5 Å². The van der Waals surface area contributed by atoms with E-state index < -0.39 is 5.41 Å². The first kappa shape index (κ1) is 13.0. The summed E-state index contributed by atoms with van der Waals surface area (Å²) in [5.41, 5.74) is -0.165. The van der Waals surface area contributed by atoms with Crippen molar-refractivity contribution in [1.82, 2.24) is 0 Å². The number of methoxy groups -OCH3 is 1. The molecule has 0 bridgehead atoms. The van der Waals surface area contributed by atoms with Gasteiger partial charge in [0.15, 0.2) is 11.5 Å². The van der Waals surface area contributed by atoms with Gasteiger partial charge < -0.3 is 14.2 Å². The standard InChI is InChI=1S/C13H15ClO4/c1-13(2,12(15)16-3)8-6-10-11(7-9(8)14)18-5-4-17-10/h6-7H,4-5H2,1-3H3. The van der Waals surface area contributed by atoms with E-state index in [1.54, 1.807) is 26.0 Å². The Balaban J connectivity index is 2.48. The number of esters is 1. The maximum Gasteiger partial charge on any atom is 0.315 e. The third-order valence-corrected chi connectivity index (χ3v) is 3.31. The SMILES string of the molecule is COC(=O)C(C)(C)c1cc2c(cc1Cl)OCCO2. The third kappa shape index (κ3) is 2.12. The fourth-order valence-corrected chi connectivity index (χ4v) is 2.30. The number of benzene rings is 1. The highest BCUT2D eigenvalue weighted by Gasteiger charge is 2.34. The summed E-state index contributed by atoms with van der Waals surface area (Å²) in [5.74, 6) is 0.870. The lowest BCUT2D eigenvalue weighted by atomic mass is 9.84. The van der Waals surface area contributed by atoms with Crippen LogP contribution in [0.3, 0.4) is 0 Å². The molecule has 0 aliphatic carbocycles. The van der Waals surface area contributed by atoms with Crippen molar-refractivity contribution in [3.8, 4) is 11.5 Å². The molecule has 0 saturated heterocycles. The molecule has 0 N–H and O–H groups in total. The lowest BCUT2D eigenvalue weighted by Crippen LogP contribution is -2.31. The van der Waals surface area contributed by atoms with Crippen molar-refractivity contribution in [3.63, 3.8) is 0 Å². The molecule has 4 nitrogen and oxygen atoms in total. The largest absolute Gasteiger partial charge is 0.486 e. The Morgan fingerprint density at radius 2 is 1.83 bits per heavy atom. The number of rotatable bonds is 2. The zero-order chi connectivity index (χ0) is 13.3. The molecule has 1 aromatic carbocycles. The van der Waals surface area contributed by atoms with Crippen LogP contribution in [0.5, 0.6) is 11.5 Å². The second-order valence-electron chi connectivity index (χ2n) is 4.59. The van der Waals surface area contributed by atoms with E-state index in [4.69, 9.17) is 25.8 Å². The fraction of sp³-hybridized carbons (Fsp3) is 0.462. The van der Waals surface area contributed by atoms with Crippen molar-refractivity contribution in [3.05, 3.63) is 22.7 Å². The Hall–Kier alpha value is -1.42. The molecule has 0 radical (unpaired) electrons. The molecule has 1 aromatic rings. The molecule has 1 aliphatic rings. The van der Waals surface area contributed by atoms with Gasteiger partial charge in [-0.2, -0.15) is 0 Å². The number of ether oxygens (including phenoxy) is 3. The summed E-state index contributed by atoms with van der Waals surface area (Å²) in [6.07, 6.45) is 0. The molecule has 1 aliphatic heterocycles. The minimum Gasteiger partial charge on any atom is -0.486 e. The topological polar surface area (TPSA) is 44.8 Å². The molecule has 5 heteroatoms. The van der Waals surface area contributed by atoms with Gasteiger partial charge in [-0.25, -0.2) is 0 Å². The van der Waals surface area contributed by atoms with Gasteiger partial charge >= 0.3 is 5.97 Å². The summed E-state index contributed by atoms with van der Waals surface area (Å²) in [7, 11) is 1.36. The van der Waals surface area contributed by atoms with E-state index in [9.17, 15) is 4.79 Å². The van der Waals surface area contributed by atoms with Crippen LogP contribution in [0.15, 0.2) is 12.1 Å². The number of hydrogen-bond acceptors (Lipinski definition) is 4. The monoisotopic (exact) mass is 270 g/mol. The maximum atomic E-state index is 11.8.